The van der Waals surface area contributed by atoms with Gasteiger partial charge in [-0.3, -0.25) is 4.98 Å². The monoisotopic (exact) mass is 300 g/mol. The number of pyridine rings is 1. The summed E-state index contributed by atoms with van der Waals surface area (Å²) in [5.41, 5.74) is 2.43. The predicted molar refractivity (Wildman–Crippen MR) is 87.2 cm³/mol. The molecule has 3 rings (SSSR count). The first-order chi connectivity index (χ1) is 10.7. The molecular weight excluding hydrogens is 280 g/mol. The maximum absolute atomic E-state index is 9.61. The average molecular weight is 300 g/mol. The molecule has 0 aliphatic carbocycles. The maximum atomic E-state index is 9.61. The number of hydrogen-bond donors (Lipinski definition) is 3. The molecule has 116 valence electrons. The molecule has 2 heterocycles. The zero-order chi connectivity index (χ0) is 15.5. The van der Waals surface area contributed by atoms with Gasteiger partial charge in [-0.25, -0.2) is 4.98 Å². The second-order valence-corrected chi connectivity index (χ2v) is 5.28. The maximum Gasteiger partial charge on any atom is 0.204 e. The van der Waals surface area contributed by atoms with Gasteiger partial charge in [0.2, 0.25) is 5.95 Å². The van der Waals surface area contributed by atoms with Crippen LogP contribution >= 0.6 is 0 Å². The van der Waals surface area contributed by atoms with Crippen LogP contribution in [0.4, 0.5) is 5.95 Å². The highest BCUT2D eigenvalue weighted by Crippen LogP contribution is 2.28. The molecule has 0 atom stereocenters. The summed E-state index contributed by atoms with van der Waals surface area (Å²) in [7, 11) is 0. The van der Waals surface area contributed by atoms with Gasteiger partial charge < -0.3 is 20.1 Å². The van der Waals surface area contributed by atoms with Crippen LogP contribution in [0.1, 0.15) is 19.8 Å². The zero-order valence-corrected chi connectivity index (χ0v) is 12.6. The Balaban J connectivity index is 2.16. The van der Waals surface area contributed by atoms with Crippen LogP contribution in [0.5, 0.6) is 5.75 Å². The van der Waals surface area contributed by atoms with E-state index in [9.17, 15) is 10.2 Å². The first-order valence-corrected chi connectivity index (χ1v) is 7.57. The van der Waals surface area contributed by atoms with E-state index in [1.807, 2.05) is 10.6 Å². The number of nitrogens with one attached hydrogen (secondary N) is 1. The van der Waals surface area contributed by atoms with E-state index in [2.05, 4.69) is 22.2 Å². The van der Waals surface area contributed by atoms with Crippen LogP contribution in [0.2, 0.25) is 0 Å². The molecule has 0 unspecified atom stereocenters. The van der Waals surface area contributed by atoms with Crippen LogP contribution in [0.3, 0.4) is 0 Å². The minimum Gasteiger partial charge on any atom is -0.508 e. The second kappa shape index (κ2) is 6.19. The molecule has 22 heavy (non-hydrogen) atoms. The number of anilines is 1. The van der Waals surface area contributed by atoms with Gasteiger partial charge in [0.15, 0.2) is 0 Å². The van der Waals surface area contributed by atoms with Gasteiger partial charge in [0.1, 0.15) is 11.3 Å². The predicted octanol–water partition coefficient (Wildman–Crippen LogP) is 2.49. The number of imidazole rings is 1. The van der Waals surface area contributed by atoms with Crippen LogP contribution in [-0.2, 0) is 6.54 Å². The Morgan fingerprint density at radius 1 is 1.27 bits per heavy atom. The molecule has 0 amide bonds. The number of phenolic OH excluding ortho intramolecular Hbond substituents is 1. The Bertz CT molecular complexity index is 798. The van der Waals surface area contributed by atoms with Crippen molar-refractivity contribution in [1.82, 2.24) is 14.5 Å². The van der Waals surface area contributed by atoms with E-state index in [0.717, 1.165) is 41.8 Å². The van der Waals surface area contributed by atoms with E-state index in [4.69, 9.17) is 0 Å². The third-order valence-corrected chi connectivity index (χ3v) is 3.69. The highest BCUT2D eigenvalue weighted by atomic mass is 16.3. The minimum absolute atomic E-state index is 0.0375. The molecule has 0 spiro atoms. The van der Waals surface area contributed by atoms with Gasteiger partial charge in [-0.15, -0.1) is 0 Å². The van der Waals surface area contributed by atoms with Crippen molar-refractivity contribution in [1.29, 1.82) is 0 Å². The van der Waals surface area contributed by atoms with Gasteiger partial charge in [-0.05, 0) is 18.6 Å². The van der Waals surface area contributed by atoms with Gasteiger partial charge in [-0.2, -0.15) is 0 Å². The first kappa shape index (κ1) is 14.6. The molecule has 6 heteroatoms. The van der Waals surface area contributed by atoms with E-state index in [0.29, 0.717) is 12.1 Å². The fraction of sp³-hybridized carbons (Fsp3) is 0.375. The summed E-state index contributed by atoms with van der Waals surface area (Å²) >= 11 is 0. The van der Waals surface area contributed by atoms with Gasteiger partial charge in [-0.1, -0.05) is 13.3 Å². The van der Waals surface area contributed by atoms with Crippen molar-refractivity contribution in [3.05, 3.63) is 24.4 Å². The van der Waals surface area contributed by atoms with Crippen molar-refractivity contribution in [3.8, 4) is 5.75 Å². The van der Waals surface area contributed by atoms with Crippen LogP contribution in [0.15, 0.2) is 24.4 Å². The minimum atomic E-state index is 0.0375. The SMILES string of the molecule is CCCCNc1nc2cnc3cc(O)ccc3c2n1CCO. The number of hydrogen-bond acceptors (Lipinski definition) is 5. The van der Waals surface area contributed by atoms with Gasteiger partial charge in [0.25, 0.3) is 0 Å². The molecule has 0 aliphatic heterocycles. The van der Waals surface area contributed by atoms with Crippen molar-refractivity contribution in [2.45, 2.75) is 26.3 Å². The average Bonchev–Trinajstić information content (AvgIpc) is 2.86. The smallest absolute Gasteiger partial charge is 0.204 e. The zero-order valence-electron chi connectivity index (χ0n) is 12.6. The number of phenols is 1. The van der Waals surface area contributed by atoms with Crippen molar-refractivity contribution in [2.75, 3.05) is 18.5 Å². The number of unbranched alkanes of at least 4 members (excludes halogenated alkanes) is 1. The molecular formula is C16H20N4O2. The summed E-state index contributed by atoms with van der Waals surface area (Å²) in [6, 6.07) is 5.12. The number of fused-ring (bicyclic) bond motifs is 3. The third kappa shape index (κ3) is 2.57. The van der Waals surface area contributed by atoms with Crippen molar-refractivity contribution < 1.29 is 10.2 Å². The summed E-state index contributed by atoms with van der Waals surface area (Å²) in [6.45, 7) is 3.49. The molecule has 0 aliphatic rings. The van der Waals surface area contributed by atoms with Crippen molar-refractivity contribution in [3.63, 3.8) is 0 Å². The van der Waals surface area contributed by atoms with Crippen LogP contribution in [0.25, 0.3) is 21.9 Å². The van der Waals surface area contributed by atoms with Crippen LogP contribution in [-0.4, -0.2) is 37.9 Å². The number of benzene rings is 1. The number of rotatable bonds is 6. The topological polar surface area (TPSA) is 83.2 Å². The van der Waals surface area contributed by atoms with E-state index in [1.54, 1.807) is 18.3 Å². The highest BCUT2D eigenvalue weighted by molar-refractivity contribution is 6.03. The standard InChI is InChI=1S/C16H20N4O2/c1-2-3-6-17-16-19-14-10-18-13-9-11(22)4-5-12(13)15(14)20(16)7-8-21/h4-5,9-10,21-22H,2-3,6-8H2,1H3,(H,17,19). The lowest BCUT2D eigenvalue weighted by Crippen LogP contribution is -2.10. The molecule has 3 aromatic rings. The molecule has 0 fully saturated rings. The Morgan fingerprint density at radius 2 is 2.14 bits per heavy atom. The number of aromatic hydroxyl groups is 1. The normalized spacial score (nSPS) is 11.4. The Labute approximate surface area is 128 Å². The molecule has 0 radical (unpaired) electrons. The lowest BCUT2D eigenvalue weighted by molar-refractivity contribution is 0.278. The second-order valence-electron chi connectivity index (χ2n) is 5.28. The molecule has 2 aromatic heterocycles. The molecule has 6 nitrogen and oxygen atoms in total. The van der Waals surface area contributed by atoms with Crippen molar-refractivity contribution in [2.24, 2.45) is 0 Å². The van der Waals surface area contributed by atoms with Crippen LogP contribution < -0.4 is 5.32 Å². The van der Waals surface area contributed by atoms with E-state index >= 15 is 0 Å². The van der Waals surface area contributed by atoms with Crippen LogP contribution in [0, 0.1) is 0 Å². The molecule has 1 aromatic carbocycles. The lowest BCUT2D eigenvalue weighted by atomic mass is 10.2. The van der Waals surface area contributed by atoms with E-state index in [1.165, 1.54) is 0 Å². The Morgan fingerprint density at radius 3 is 2.91 bits per heavy atom. The summed E-state index contributed by atoms with van der Waals surface area (Å²) in [4.78, 5) is 8.95. The third-order valence-electron chi connectivity index (χ3n) is 3.69. The van der Waals surface area contributed by atoms with Gasteiger partial charge >= 0.3 is 0 Å². The quantitative estimate of drug-likeness (QED) is 0.609. The number of aliphatic hydroxyl groups excluding tert-OH is 1. The van der Waals surface area contributed by atoms with E-state index in [-0.39, 0.29) is 12.4 Å². The summed E-state index contributed by atoms with van der Waals surface area (Å²) in [6.07, 6.45) is 3.88. The largest absolute Gasteiger partial charge is 0.508 e. The molecule has 3 N–H and O–H groups in total. The molecule has 0 saturated carbocycles. The fourth-order valence-corrected chi connectivity index (χ4v) is 2.63. The van der Waals surface area contributed by atoms with Gasteiger partial charge in [0, 0.05) is 24.5 Å². The number of aliphatic hydroxyl groups is 1. The lowest BCUT2D eigenvalue weighted by Gasteiger charge is -2.10. The number of aromatic nitrogens is 3. The first-order valence-electron chi connectivity index (χ1n) is 7.57. The Hall–Kier alpha value is -2.34. The highest BCUT2D eigenvalue weighted by Gasteiger charge is 2.14. The van der Waals surface area contributed by atoms with E-state index < -0.39 is 0 Å². The summed E-state index contributed by atoms with van der Waals surface area (Å²) in [5.74, 6) is 0.939. The summed E-state index contributed by atoms with van der Waals surface area (Å²) < 4.78 is 1.98. The van der Waals surface area contributed by atoms with Gasteiger partial charge in [0.05, 0.1) is 23.8 Å². The van der Waals surface area contributed by atoms with Crippen molar-refractivity contribution >= 4 is 27.9 Å². The molecule has 0 saturated heterocycles. The molecule has 0 bridgehead atoms. The summed E-state index contributed by atoms with van der Waals surface area (Å²) in [5, 5.41) is 23.2. The fourth-order valence-electron chi connectivity index (χ4n) is 2.63. The Kier molecular flexibility index (Phi) is 4.11. The number of nitrogens with zero attached hydrogens (tertiary/aromatic N) is 3.